The van der Waals surface area contributed by atoms with E-state index in [9.17, 15) is 9.18 Å². The third kappa shape index (κ3) is 2.59. The number of halogens is 1. The van der Waals surface area contributed by atoms with E-state index in [-0.39, 0.29) is 11.7 Å². The van der Waals surface area contributed by atoms with Crippen molar-refractivity contribution in [1.29, 1.82) is 0 Å². The molecule has 27 heavy (non-hydrogen) atoms. The SMILES string of the molecule is COc1nn(-c2ccc3nn(-c4cncc(F)c4)cc3c2)c(=O)n1C1CC1. The maximum Gasteiger partial charge on any atom is 0.353 e. The molecule has 0 bridgehead atoms. The Morgan fingerprint density at radius 1 is 1.15 bits per heavy atom. The topological polar surface area (TPSA) is 79.8 Å². The van der Waals surface area contributed by atoms with Crippen molar-refractivity contribution in [2.45, 2.75) is 18.9 Å². The number of rotatable bonds is 4. The fourth-order valence-corrected chi connectivity index (χ4v) is 3.12. The quantitative estimate of drug-likeness (QED) is 0.553. The number of ether oxygens (including phenoxy) is 1. The summed E-state index contributed by atoms with van der Waals surface area (Å²) in [6.45, 7) is 0. The second kappa shape index (κ2) is 5.76. The Hall–Kier alpha value is -3.49. The lowest BCUT2D eigenvalue weighted by Crippen LogP contribution is -2.23. The first kappa shape index (κ1) is 15.7. The van der Waals surface area contributed by atoms with Crippen molar-refractivity contribution >= 4 is 10.9 Å². The number of aromatic nitrogens is 6. The van der Waals surface area contributed by atoms with Gasteiger partial charge in [-0.25, -0.2) is 18.4 Å². The van der Waals surface area contributed by atoms with Gasteiger partial charge in [-0.05, 0) is 31.0 Å². The molecule has 8 nitrogen and oxygen atoms in total. The minimum Gasteiger partial charge on any atom is -0.467 e. The minimum atomic E-state index is -0.433. The standard InChI is InChI=1S/C18H15FN6O2/c1-27-17-22-25(18(26)24(17)13-2-3-13)14-4-5-16-11(6-14)10-23(21-16)15-7-12(19)8-20-9-15/h4-10,13H,2-3H2,1H3. The van der Waals surface area contributed by atoms with Crippen molar-refractivity contribution in [1.82, 2.24) is 29.1 Å². The average Bonchev–Trinajstić information content (AvgIpc) is 3.32. The number of benzene rings is 1. The lowest BCUT2D eigenvalue weighted by atomic mass is 10.2. The molecule has 0 amide bonds. The average molecular weight is 366 g/mol. The summed E-state index contributed by atoms with van der Waals surface area (Å²) in [5.74, 6) is -0.433. The van der Waals surface area contributed by atoms with Crippen molar-refractivity contribution < 1.29 is 9.13 Å². The van der Waals surface area contributed by atoms with Crippen LogP contribution in [0.25, 0.3) is 22.3 Å². The summed E-state index contributed by atoms with van der Waals surface area (Å²) in [4.78, 5) is 16.6. The van der Waals surface area contributed by atoms with E-state index in [2.05, 4.69) is 15.2 Å². The van der Waals surface area contributed by atoms with E-state index in [0.29, 0.717) is 22.9 Å². The van der Waals surface area contributed by atoms with Crippen molar-refractivity contribution in [2.24, 2.45) is 0 Å². The zero-order valence-corrected chi connectivity index (χ0v) is 14.4. The number of hydrogen-bond acceptors (Lipinski definition) is 5. The van der Waals surface area contributed by atoms with Crippen molar-refractivity contribution in [3.8, 4) is 17.4 Å². The molecule has 0 N–H and O–H groups in total. The van der Waals surface area contributed by atoms with Gasteiger partial charge in [0.15, 0.2) is 0 Å². The van der Waals surface area contributed by atoms with E-state index in [1.165, 1.54) is 24.1 Å². The van der Waals surface area contributed by atoms with E-state index < -0.39 is 5.82 Å². The van der Waals surface area contributed by atoms with Crippen LogP contribution in [0.5, 0.6) is 6.01 Å². The van der Waals surface area contributed by atoms with E-state index in [1.54, 1.807) is 27.6 Å². The van der Waals surface area contributed by atoms with Gasteiger partial charge in [-0.3, -0.25) is 4.98 Å². The molecule has 3 aromatic heterocycles. The zero-order chi connectivity index (χ0) is 18.5. The molecule has 0 unspecified atom stereocenters. The Balaban J connectivity index is 1.60. The molecule has 3 heterocycles. The Labute approximate surface area is 152 Å². The van der Waals surface area contributed by atoms with Gasteiger partial charge < -0.3 is 4.74 Å². The molecule has 4 aromatic rings. The highest BCUT2D eigenvalue weighted by atomic mass is 19.1. The van der Waals surface area contributed by atoms with E-state index in [0.717, 1.165) is 24.4 Å². The highest BCUT2D eigenvalue weighted by Crippen LogP contribution is 2.36. The Morgan fingerprint density at radius 3 is 2.74 bits per heavy atom. The molecule has 9 heteroatoms. The van der Waals surface area contributed by atoms with Gasteiger partial charge in [0.25, 0.3) is 0 Å². The lowest BCUT2D eigenvalue weighted by molar-refractivity contribution is 0.354. The maximum atomic E-state index is 13.4. The van der Waals surface area contributed by atoms with Crippen LogP contribution in [0.4, 0.5) is 4.39 Å². The molecule has 0 aliphatic heterocycles. The monoisotopic (exact) mass is 366 g/mol. The van der Waals surface area contributed by atoms with Crippen LogP contribution >= 0.6 is 0 Å². The third-order valence-electron chi connectivity index (χ3n) is 4.56. The number of nitrogens with zero attached hydrogens (tertiary/aromatic N) is 6. The van der Waals surface area contributed by atoms with Crippen LogP contribution in [0.15, 0.2) is 47.7 Å². The minimum absolute atomic E-state index is 0.160. The van der Waals surface area contributed by atoms with Crippen LogP contribution < -0.4 is 10.4 Å². The van der Waals surface area contributed by atoms with E-state index in [4.69, 9.17) is 4.74 Å². The summed E-state index contributed by atoms with van der Waals surface area (Å²) < 4.78 is 23.2. The molecule has 1 aliphatic carbocycles. The fraction of sp³-hybridized carbons (Fsp3) is 0.222. The van der Waals surface area contributed by atoms with E-state index >= 15 is 0 Å². The highest BCUT2D eigenvalue weighted by Gasteiger charge is 2.30. The van der Waals surface area contributed by atoms with Crippen LogP contribution in [0.1, 0.15) is 18.9 Å². The van der Waals surface area contributed by atoms with Crippen LogP contribution in [-0.2, 0) is 0 Å². The van der Waals surface area contributed by atoms with Crippen molar-refractivity contribution in [3.05, 3.63) is 59.2 Å². The first-order chi connectivity index (χ1) is 13.1. The molecule has 0 radical (unpaired) electrons. The molecular formula is C18H15FN6O2. The summed E-state index contributed by atoms with van der Waals surface area (Å²) in [6.07, 6.45) is 6.34. The summed E-state index contributed by atoms with van der Waals surface area (Å²) in [5.41, 5.74) is 1.62. The second-order valence-electron chi connectivity index (χ2n) is 6.46. The third-order valence-corrected chi connectivity index (χ3v) is 4.56. The number of fused-ring (bicyclic) bond motifs is 1. The molecular weight excluding hydrogens is 351 g/mol. The molecule has 5 rings (SSSR count). The van der Waals surface area contributed by atoms with Gasteiger partial charge in [0.2, 0.25) is 0 Å². The molecule has 0 atom stereocenters. The fourth-order valence-electron chi connectivity index (χ4n) is 3.12. The molecule has 1 aliphatic rings. The van der Waals surface area contributed by atoms with Gasteiger partial charge in [-0.2, -0.15) is 9.78 Å². The van der Waals surface area contributed by atoms with Crippen molar-refractivity contribution in [3.63, 3.8) is 0 Å². The van der Waals surface area contributed by atoms with Crippen LogP contribution in [0.2, 0.25) is 0 Å². The zero-order valence-electron chi connectivity index (χ0n) is 14.4. The Morgan fingerprint density at radius 2 is 2.00 bits per heavy atom. The highest BCUT2D eigenvalue weighted by molar-refractivity contribution is 5.80. The van der Waals surface area contributed by atoms with Gasteiger partial charge in [-0.15, -0.1) is 5.10 Å². The van der Waals surface area contributed by atoms with Crippen LogP contribution in [-0.4, -0.2) is 36.2 Å². The molecule has 1 fully saturated rings. The first-order valence-electron chi connectivity index (χ1n) is 8.50. The summed E-state index contributed by atoms with van der Waals surface area (Å²) >= 11 is 0. The molecule has 1 saturated carbocycles. The van der Waals surface area contributed by atoms with Gasteiger partial charge >= 0.3 is 11.7 Å². The van der Waals surface area contributed by atoms with E-state index in [1.807, 2.05) is 6.07 Å². The lowest BCUT2D eigenvalue weighted by Gasteiger charge is -1.99. The molecule has 0 spiro atoms. The molecule has 1 aromatic carbocycles. The van der Waals surface area contributed by atoms with Crippen LogP contribution in [0.3, 0.4) is 0 Å². The predicted molar refractivity (Wildman–Crippen MR) is 95.0 cm³/mol. The normalized spacial score (nSPS) is 14.0. The van der Waals surface area contributed by atoms with Crippen molar-refractivity contribution in [2.75, 3.05) is 7.11 Å². The number of hydrogen-bond donors (Lipinski definition) is 0. The summed E-state index contributed by atoms with van der Waals surface area (Å²) in [5, 5.41) is 9.53. The summed E-state index contributed by atoms with van der Waals surface area (Å²) in [6, 6.07) is 7.21. The van der Waals surface area contributed by atoms with Gasteiger partial charge in [0.05, 0.1) is 36.4 Å². The number of methoxy groups -OCH3 is 1. The van der Waals surface area contributed by atoms with Gasteiger partial charge in [0.1, 0.15) is 5.82 Å². The van der Waals surface area contributed by atoms with Gasteiger partial charge in [0, 0.05) is 23.7 Å². The van der Waals surface area contributed by atoms with Gasteiger partial charge in [-0.1, -0.05) is 0 Å². The Bertz CT molecular complexity index is 1220. The maximum absolute atomic E-state index is 13.4. The largest absolute Gasteiger partial charge is 0.467 e. The second-order valence-corrected chi connectivity index (χ2v) is 6.46. The first-order valence-corrected chi connectivity index (χ1v) is 8.50. The number of pyridine rings is 1. The predicted octanol–water partition coefficient (Wildman–Crippen LogP) is 2.25. The Kier molecular flexibility index (Phi) is 3.36. The molecule has 0 saturated heterocycles. The van der Waals surface area contributed by atoms with Crippen LogP contribution in [0, 0.1) is 5.82 Å². The summed E-state index contributed by atoms with van der Waals surface area (Å²) in [7, 11) is 1.51. The molecule has 136 valence electrons. The smallest absolute Gasteiger partial charge is 0.353 e.